The number of hydrogen-bond acceptors (Lipinski definition) is 5. The summed E-state index contributed by atoms with van der Waals surface area (Å²) in [6.07, 6.45) is -0.717. The van der Waals surface area contributed by atoms with Gasteiger partial charge in [-0.15, -0.1) is 0 Å². The van der Waals surface area contributed by atoms with Gasteiger partial charge in [-0.3, -0.25) is 4.79 Å². The molecule has 1 aromatic carbocycles. The Kier molecular flexibility index (Phi) is 3.55. The number of ether oxygens (including phenoxy) is 3. The van der Waals surface area contributed by atoms with Crippen molar-refractivity contribution in [3.8, 4) is 5.75 Å². The SMILES string of the molecule is COC1=C(C(C)=O)C(c2ccc(OC)cc2)OC1=O. The molecule has 1 aliphatic heterocycles. The molecule has 0 aromatic heterocycles. The number of Topliss-reactive ketones (excluding diaryl/α,β-unsaturated/α-hetero) is 1. The highest BCUT2D eigenvalue weighted by Crippen LogP contribution is 2.36. The highest BCUT2D eigenvalue weighted by atomic mass is 16.6. The second-order valence-corrected chi connectivity index (χ2v) is 4.06. The maximum atomic E-state index is 11.7. The Morgan fingerprint density at radius 2 is 1.79 bits per heavy atom. The minimum atomic E-state index is -0.717. The maximum Gasteiger partial charge on any atom is 0.375 e. The van der Waals surface area contributed by atoms with E-state index >= 15 is 0 Å². The third-order valence-electron chi connectivity index (χ3n) is 2.92. The predicted octanol–water partition coefficient (Wildman–Crippen LogP) is 1.78. The largest absolute Gasteiger partial charge is 0.497 e. The molecule has 0 N–H and O–H groups in total. The molecule has 0 radical (unpaired) electrons. The number of benzene rings is 1. The van der Waals surface area contributed by atoms with Gasteiger partial charge in [-0.1, -0.05) is 12.1 Å². The van der Waals surface area contributed by atoms with Crippen molar-refractivity contribution in [2.75, 3.05) is 14.2 Å². The van der Waals surface area contributed by atoms with E-state index in [0.717, 1.165) is 0 Å². The van der Waals surface area contributed by atoms with E-state index in [1.165, 1.54) is 14.0 Å². The molecule has 1 aliphatic rings. The first-order chi connectivity index (χ1) is 9.08. The number of ketones is 1. The number of carbonyl (C=O) groups is 2. The van der Waals surface area contributed by atoms with Gasteiger partial charge in [0.15, 0.2) is 11.9 Å². The lowest BCUT2D eigenvalue weighted by molar-refractivity contribution is -0.142. The molecule has 0 saturated heterocycles. The summed E-state index contributed by atoms with van der Waals surface area (Å²) in [5.41, 5.74) is 0.948. The number of cyclic esters (lactones) is 1. The molecular weight excluding hydrogens is 248 g/mol. The van der Waals surface area contributed by atoms with Gasteiger partial charge in [0.1, 0.15) is 5.75 Å². The average Bonchev–Trinajstić information content (AvgIpc) is 2.75. The van der Waals surface area contributed by atoms with Crippen molar-refractivity contribution in [1.29, 1.82) is 0 Å². The lowest BCUT2D eigenvalue weighted by Crippen LogP contribution is -2.08. The van der Waals surface area contributed by atoms with Crippen LogP contribution in [-0.2, 0) is 19.1 Å². The first-order valence-electron chi connectivity index (χ1n) is 5.72. The van der Waals surface area contributed by atoms with E-state index < -0.39 is 12.1 Å². The highest BCUT2D eigenvalue weighted by Gasteiger charge is 2.38. The van der Waals surface area contributed by atoms with Crippen molar-refractivity contribution in [1.82, 2.24) is 0 Å². The molecular formula is C14H14O5. The second-order valence-electron chi connectivity index (χ2n) is 4.06. The van der Waals surface area contributed by atoms with E-state index in [9.17, 15) is 9.59 Å². The van der Waals surface area contributed by atoms with Crippen LogP contribution in [0.15, 0.2) is 35.6 Å². The fourth-order valence-corrected chi connectivity index (χ4v) is 2.00. The monoisotopic (exact) mass is 262 g/mol. The van der Waals surface area contributed by atoms with Gasteiger partial charge in [0.05, 0.1) is 19.8 Å². The van der Waals surface area contributed by atoms with Crippen LogP contribution in [0.5, 0.6) is 5.75 Å². The van der Waals surface area contributed by atoms with E-state index in [4.69, 9.17) is 14.2 Å². The van der Waals surface area contributed by atoms with Crippen LogP contribution in [0.2, 0.25) is 0 Å². The molecule has 5 heteroatoms. The summed E-state index contributed by atoms with van der Waals surface area (Å²) >= 11 is 0. The Balaban J connectivity index is 2.41. The van der Waals surface area contributed by atoms with E-state index in [-0.39, 0.29) is 17.1 Å². The summed E-state index contributed by atoms with van der Waals surface area (Å²) in [6, 6.07) is 6.98. The fraction of sp³-hybridized carbons (Fsp3) is 0.286. The molecule has 100 valence electrons. The van der Waals surface area contributed by atoms with Gasteiger partial charge in [-0.2, -0.15) is 0 Å². The van der Waals surface area contributed by atoms with Gasteiger partial charge in [-0.05, 0) is 24.6 Å². The van der Waals surface area contributed by atoms with Crippen LogP contribution in [0.3, 0.4) is 0 Å². The smallest absolute Gasteiger partial charge is 0.375 e. The molecule has 1 atom stereocenters. The Morgan fingerprint density at radius 1 is 1.16 bits per heavy atom. The molecule has 19 heavy (non-hydrogen) atoms. The van der Waals surface area contributed by atoms with Gasteiger partial charge < -0.3 is 14.2 Å². The summed E-state index contributed by atoms with van der Waals surface area (Å²) in [6.45, 7) is 1.38. The molecule has 0 aliphatic carbocycles. The summed E-state index contributed by atoms with van der Waals surface area (Å²) in [7, 11) is 2.91. The molecule has 1 heterocycles. The zero-order valence-electron chi connectivity index (χ0n) is 10.9. The zero-order valence-corrected chi connectivity index (χ0v) is 10.9. The zero-order chi connectivity index (χ0) is 14.0. The molecule has 0 bridgehead atoms. The standard InChI is InChI=1S/C14H14O5/c1-8(15)11-12(19-14(16)13(11)18-3)9-4-6-10(17-2)7-5-9/h4-7,12H,1-3H3. The van der Waals surface area contributed by atoms with Crippen molar-refractivity contribution in [3.05, 3.63) is 41.2 Å². The molecule has 1 aromatic rings. The fourth-order valence-electron chi connectivity index (χ4n) is 2.00. The van der Waals surface area contributed by atoms with Crippen LogP contribution >= 0.6 is 0 Å². The lowest BCUT2D eigenvalue weighted by Gasteiger charge is -2.12. The van der Waals surface area contributed by atoms with Crippen LogP contribution in [0.4, 0.5) is 0 Å². The predicted molar refractivity (Wildman–Crippen MR) is 66.5 cm³/mol. The van der Waals surface area contributed by atoms with Crippen LogP contribution in [0.1, 0.15) is 18.6 Å². The summed E-state index contributed by atoms with van der Waals surface area (Å²) < 4.78 is 15.2. The molecule has 0 saturated carbocycles. The van der Waals surface area contributed by atoms with Gasteiger partial charge in [-0.25, -0.2) is 4.79 Å². The van der Waals surface area contributed by atoms with E-state index in [0.29, 0.717) is 11.3 Å². The van der Waals surface area contributed by atoms with Crippen molar-refractivity contribution >= 4 is 11.8 Å². The van der Waals surface area contributed by atoms with Gasteiger partial charge >= 0.3 is 5.97 Å². The third-order valence-corrected chi connectivity index (χ3v) is 2.92. The third kappa shape index (κ3) is 2.31. The van der Waals surface area contributed by atoms with E-state index in [2.05, 4.69) is 0 Å². The quantitative estimate of drug-likeness (QED) is 0.774. The first kappa shape index (κ1) is 13.1. The summed E-state index contributed by atoms with van der Waals surface area (Å²) in [5, 5.41) is 0. The topological polar surface area (TPSA) is 61.8 Å². The van der Waals surface area contributed by atoms with Gasteiger partial charge in [0.25, 0.3) is 0 Å². The Labute approximate surface area is 110 Å². The normalized spacial score (nSPS) is 18.3. The molecule has 1 unspecified atom stereocenters. The Hall–Kier alpha value is -2.30. The number of hydrogen-bond donors (Lipinski definition) is 0. The lowest BCUT2D eigenvalue weighted by atomic mass is 9.99. The van der Waals surface area contributed by atoms with Crippen LogP contribution < -0.4 is 4.74 Å². The van der Waals surface area contributed by atoms with Crippen LogP contribution in [-0.4, -0.2) is 26.0 Å². The number of esters is 1. The molecule has 0 fully saturated rings. The minimum Gasteiger partial charge on any atom is -0.497 e. The number of carbonyl (C=O) groups excluding carboxylic acids is 2. The minimum absolute atomic E-state index is 0.0201. The van der Waals surface area contributed by atoms with Gasteiger partial charge in [0.2, 0.25) is 5.76 Å². The maximum absolute atomic E-state index is 11.7. The van der Waals surface area contributed by atoms with Crippen molar-refractivity contribution < 1.29 is 23.8 Å². The first-order valence-corrected chi connectivity index (χ1v) is 5.72. The van der Waals surface area contributed by atoms with E-state index in [1.807, 2.05) is 0 Å². The van der Waals surface area contributed by atoms with Gasteiger partial charge in [0, 0.05) is 0 Å². The molecule has 5 nitrogen and oxygen atoms in total. The number of methoxy groups -OCH3 is 2. The molecule has 0 amide bonds. The Morgan fingerprint density at radius 3 is 2.26 bits per heavy atom. The molecule has 2 rings (SSSR count). The van der Waals surface area contributed by atoms with Crippen molar-refractivity contribution in [2.45, 2.75) is 13.0 Å². The highest BCUT2D eigenvalue weighted by molar-refractivity contribution is 6.05. The molecule has 0 spiro atoms. The Bertz CT molecular complexity index is 541. The van der Waals surface area contributed by atoms with Crippen molar-refractivity contribution in [2.24, 2.45) is 0 Å². The summed E-state index contributed by atoms with van der Waals surface area (Å²) in [4.78, 5) is 23.3. The summed E-state index contributed by atoms with van der Waals surface area (Å²) in [5.74, 6) is -0.196. The average molecular weight is 262 g/mol. The van der Waals surface area contributed by atoms with Crippen LogP contribution in [0.25, 0.3) is 0 Å². The second kappa shape index (κ2) is 5.14. The number of rotatable bonds is 4. The van der Waals surface area contributed by atoms with Crippen LogP contribution in [0, 0.1) is 0 Å². The van der Waals surface area contributed by atoms with Crippen molar-refractivity contribution in [3.63, 3.8) is 0 Å². The van der Waals surface area contributed by atoms with E-state index in [1.54, 1.807) is 31.4 Å².